The molecular weight excluding hydrogens is 196 g/mol. The van der Waals surface area contributed by atoms with Crippen molar-refractivity contribution in [3.05, 3.63) is 0 Å². The predicted molar refractivity (Wildman–Crippen MR) is 55.2 cm³/mol. The summed E-state index contributed by atoms with van der Waals surface area (Å²) in [5, 5.41) is 11.3. The van der Waals surface area contributed by atoms with Gasteiger partial charge in [0.05, 0.1) is 12.5 Å². The lowest BCUT2D eigenvalue weighted by atomic mass is 9.98. The molecule has 1 aliphatic carbocycles. The Bertz CT molecular complexity index is 272. The molecule has 1 saturated carbocycles. The van der Waals surface area contributed by atoms with Crippen molar-refractivity contribution in [2.75, 3.05) is 0 Å². The van der Waals surface area contributed by atoms with Crippen molar-refractivity contribution in [1.82, 2.24) is 5.32 Å². The number of hydrogen-bond donors (Lipinski definition) is 3. The van der Waals surface area contributed by atoms with Gasteiger partial charge >= 0.3 is 5.97 Å². The Labute approximate surface area is 89.0 Å². The van der Waals surface area contributed by atoms with Crippen molar-refractivity contribution in [1.29, 1.82) is 0 Å². The van der Waals surface area contributed by atoms with Gasteiger partial charge in [0.15, 0.2) is 0 Å². The van der Waals surface area contributed by atoms with Crippen LogP contribution in [0.15, 0.2) is 0 Å². The number of rotatable bonds is 5. The molecule has 0 aromatic heterocycles. The van der Waals surface area contributed by atoms with E-state index in [0.29, 0.717) is 5.92 Å². The molecular formula is C10H18N2O3. The molecule has 0 heterocycles. The second-order valence-corrected chi connectivity index (χ2v) is 4.69. The van der Waals surface area contributed by atoms with Crippen LogP contribution in [-0.4, -0.2) is 28.6 Å². The van der Waals surface area contributed by atoms with Crippen molar-refractivity contribution in [2.24, 2.45) is 11.7 Å². The maximum atomic E-state index is 11.5. The molecule has 1 rings (SSSR count). The minimum absolute atomic E-state index is 0.271. The quantitative estimate of drug-likeness (QED) is 0.605. The lowest BCUT2D eigenvalue weighted by Gasteiger charge is -2.27. The minimum atomic E-state index is -1.05. The van der Waals surface area contributed by atoms with E-state index in [1.54, 1.807) is 0 Å². The predicted octanol–water partition coefficient (Wildman–Crippen LogP) is 0.0932. The van der Waals surface area contributed by atoms with E-state index >= 15 is 0 Å². The number of carboxylic acid groups (broad SMARTS) is 1. The smallest absolute Gasteiger partial charge is 0.305 e. The van der Waals surface area contributed by atoms with Crippen LogP contribution in [0, 0.1) is 5.92 Å². The Balaban J connectivity index is 2.43. The molecule has 15 heavy (non-hydrogen) atoms. The summed E-state index contributed by atoms with van der Waals surface area (Å²) in [4.78, 5) is 21.9. The van der Waals surface area contributed by atoms with Crippen molar-refractivity contribution < 1.29 is 14.7 Å². The molecule has 0 aromatic rings. The number of carboxylic acids is 1. The Morgan fingerprint density at radius 1 is 1.53 bits per heavy atom. The van der Waals surface area contributed by atoms with E-state index in [9.17, 15) is 9.59 Å². The molecule has 0 radical (unpaired) electrons. The summed E-state index contributed by atoms with van der Waals surface area (Å²) in [7, 11) is 0. The molecule has 0 aliphatic heterocycles. The minimum Gasteiger partial charge on any atom is -0.481 e. The first-order chi connectivity index (χ1) is 6.83. The summed E-state index contributed by atoms with van der Waals surface area (Å²) in [6, 6.07) is -0.958. The zero-order chi connectivity index (χ0) is 11.6. The summed E-state index contributed by atoms with van der Waals surface area (Å²) in [6.07, 6.45) is 1.90. The molecule has 86 valence electrons. The van der Waals surface area contributed by atoms with E-state index in [4.69, 9.17) is 10.8 Å². The third kappa shape index (κ3) is 3.51. The lowest BCUT2D eigenvalue weighted by molar-refractivity contribution is -0.139. The Morgan fingerprint density at radius 3 is 2.47 bits per heavy atom. The SMILES string of the molecule is CC(C)(NC(=O)C(N)CC(=O)O)C1CC1. The maximum absolute atomic E-state index is 11.5. The number of nitrogens with two attached hydrogens (primary N) is 1. The number of nitrogens with one attached hydrogen (secondary N) is 1. The van der Waals surface area contributed by atoms with Gasteiger partial charge < -0.3 is 16.2 Å². The monoisotopic (exact) mass is 214 g/mol. The molecule has 4 N–H and O–H groups in total. The van der Waals surface area contributed by atoms with Gasteiger partial charge in [-0.15, -0.1) is 0 Å². The van der Waals surface area contributed by atoms with E-state index in [1.165, 1.54) is 0 Å². The van der Waals surface area contributed by atoms with E-state index < -0.39 is 12.0 Å². The second kappa shape index (κ2) is 4.18. The summed E-state index contributed by atoms with van der Waals surface area (Å²) >= 11 is 0. The summed E-state index contributed by atoms with van der Waals surface area (Å²) < 4.78 is 0. The zero-order valence-corrected chi connectivity index (χ0v) is 9.12. The molecule has 0 saturated heterocycles. The fourth-order valence-electron chi connectivity index (χ4n) is 1.60. The van der Waals surface area contributed by atoms with Crippen LogP contribution < -0.4 is 11.1 Å². The molecule has 1 amide bonds. The van der Waals surface area contributed by atoms with Crippen LogP contribution >= 0.6 is 0 Å². The molecule has 1 unspecified atom stereocenters. The van der Waals surface area contributed by atoms with Crippen LogP contribution in [0.5, 0.6) is 0 Å². The van der Waals surface area contributed by atoms with E-state index in [2.05, 4.69) is 5.32 Å². The topological polar surface area (TPSA) is 92.4 Å². The van der Waals surface area contributed by atoms with Crippen LogP contribution in [-0.2, 0) is 9.59 Å². The largest absolute Gasteiger partial charge is 0.481 e. The number of hydrogen-bond acceptors (Lipinski definition) is 3. The van der Waals surface area contributed by atoms with Gasteiger partial charge in [0.25, 0.3) is 0 Å². The molecule has 1 fully saturated rings. The molecule has 5 heteroatoms. The highest BCUT2D eigenvalue weighted by atomic mass is 16.4. The van der Waals surface area contributed by atoms with E-state index in [0.717, 1.165) is 12.8 Å². The van der Waals surface area contributed by atoms with Gasteiger partial charge in [-0.2, -0.15) is 0 Å². The fraction of sp³-hybridized carbons (Fsp3) is 0.800. The second-order valence-electron chi connectivity index (χ2n) is 4.69. The van der Waals surface area contributed by atoms with Crippen molar-refractivity contribution >= 4 is 11.9 Å². The highest BCUT2D eigenvalue weighted by Crippen LogP contribution is 2.39. The first-order valence-corrected chi connectivity index (χ1v) is 5.12. The van der Waals surface area contributed by atoms with Crippen molar-refractivity contribution in [3.63, 3.8) is 0 Å². The lowest BCUT2D eigenvalue weighted by Crippen LogP contribution is -2.52. The molecule has 1 atom stereocenters. The van der Waals surface area contributed by atoms with Gasteiger partial charge in [0.1, 0.15) is 0 Å². The summed E-state index contributed by atoms with van der Waals surface area (Å²) in [5.41, 5.74) is 5.18. The number of amides is 1. The Morgan fingerprint density at radius 2 is 2.07 bits per heavy atom. The normalized spacial score (nSPS) is 18.3. The molecule has 0 bridgehead atoms. The first-order valence-electron chi connectivity index (χ1n) is 5.12. The molecule has 1 aliphatic rings. The average Bonchev–Trinajstić information content (AvgIpc) is 2.83. The van der Waals surface area contributed by atoms with Crippen LogP contribution in [0.2, 0.25) is 0 Å². The fourth-order valence-corrected chi connectivity index (χ4v) is 1.60. The molecule has 0 aromatic carbocycles. The van der Waals surface area contributed by atoms with Gasteiger partial charge in [-0.3, -0.25) is 9.59 Å². The first kappa shape index (κ1) is 12.0. The number of aliphatic carboxylic acids is 1. The van der Waals surface area contributed by atoms with Gasteiger partial charge in [-0.25, -0.2) is 0 Å². The Kier molecular flexibility index (Phi) is 3.34. The van der Waals surface area contributed by atoms with Crippen LogP contribution in [0.25, 0.3) is 0 Å². The number of carbonyl (C=O) groups is 2. The van der Waals surface area contributed by atoms with Gasteiger partial charge in [0.2, 0.25) is 5.91 Å². The Hall–Kier alpha value is -1.10. The highest BCUT2D eigenvalue weighted by molar-refractivity contribution is 5.86. The van der Waals surface area contributed by atoms with Gasteiger partial charge in [-0.05, 0) is 32.6 Å². The number of carbonyl (C=O) groups excluding carboxylic acids is 1. The third-order valence-electron chi connectivity index (χ3n) is 2.77. The van der Waals surface area contributed by atoms with E-state index in [-0.39, 0.29) is 17.9 Å². The average molecular weight is 214 g/mol. The van der Waals surface area contributed by atoms with Crippen molar-refractivity contribution in [3.8, 4) is 0 Å². The van der Waals surface area contributed by atoms with Crippen molar-refractivity contribution in [2.45, 2.75) is 44.7 Å². The van der Waals surface area contributed by atoms with E-state index in [1.807, 2.05) is 13.8 Å². The highest BCUT2D eigenvalue weighted by Gasteiger charge is 2.39. The van der Waals surface area contributed by atoms with Crippen LogP contribution in [0.1, 0.15) is 33.1 Å². The zero-order valence-electron chi connectivity index (χ0n) is 9.12. The van der Waals surface area contributed by atoms with Gasteiger partial charge in [-0.1, -0.05) is 0 Å². The summed E-state index contributed by atoms with van der Waals surface area (Å²) in [6.45, 7) is 3.88. The van der Waals surface area contributed by atoms with Crippen LogP contribution in [0.4, 0.5) is 0 Å². The third-order valence-corrected chi connectivity index (χ3v) is 2.77. The van der Waals surface area contributed by atoms with Crippen LogP contribution in [0.3, 0.4) is 0 Å². The van der Waals surface area contributed by atoms with Gasteiger partial charge in [0, 0.05) is 5.54 Å². The standard InChI is InChI=1S/C10H18N2O3/c1-10(2,6-3-4-6)12-9(15)7(11)5-8(13)14/h6-7H,3-5,11H2,1-2H3,(H,12,15)(H,13,14). The molecule has 0 spiro atoms. The summed E-state index contributed by atoms with van der Waals surface area (Å²) in [5.74, 6) is -0.936. The maximum Gasteiger partial charge on any atom is 0.305 e. The molecule has 5 nitrogen and oxygen atoms in total.